The minimum absolute atomic E-state index is 0.104. The van der Waals surface area contributed by atoms with Gasteiger partial charge in [0, 0.05) is 24.4 Å². The van der Waals surface area contributed by atoms with Gasteiger partial charge in [0.05, 0.1) is 17.9 Å². The van der Waals surface area contributed by atoms with Crippen molar-refractivity contribution in [2.75, 3.05) is 24.4 Å². The van der Waals surface area contributed by atoms with Crippen LogP contribution in [0.3, 0.4) is 0 Å². The Kier molecular flexibility index (Phi) is 6.03. The van der Waals surface area contributed by atoms with Crippen LogP contribution in [0.2, 0.25) is 0 Å². The summed E-state index contributed by atoms with van der Waals surface area (Å²) in [6.07, 6.45) is 2.25. The van der Waals surface area contributed by atoms with Crippen LogP contribution in [0.4, 0.5) is 5.69 Å². The lowest BCUT2D eigenvalue weighted by Gasteiger charge is -2.13. The maximum atomic E-state index is 12.8. The Morgan fingerprint density at radius 2 is 1.91 bits per heavy atom. The highest BCUT2D eigenvalue weighted by atomic mass is 32.2. The molecule has 0 spiro atoms. The SMILES string of the molecule is O=C(CSc1ncccc1C(=O)NCC1Cc2ccccc2O1)Nc1ccc2c(c1)OCO2. The van der Waals surface area contributed by atoms with Crippen LogP contribution in [0.25, 0.3) is 0 Å². The number of thioether (sulfide) groups is 1. The first-order valence-electron chi connectivity index (χ1n) is 10.5. The lowest BCUT2D eigenvalue weighted by Crippen LogP contribution is -2.34. The van der Waals surface area contributed by atoms with Gasteiger partial charge in [0.1, 0.15) is 16.9 Å². The van der Waals surface area contributed by atoms with Gasteiger partial charge in [-0.3, -0.25) is 9.59 Å². The highest BCUT2D eigenvalue weighted by Crippen LogP contribution is 2.34. The number of carbonyl (C=O) groups is 2. The number of aromatic nitrogens is 1. The molecule has 0 bridgehead atoms. The van der Waals surface area contributed by atoms with Gasteiger partial charge in [-0.1, -0.05) is 30.0 Å². The zero-order valence-corrected chi connectivity index (χ0v) is 18.4. The molecule has 0 saturated heterocycles. The van der Waals surface area contributed by atoms with E-state index < -0.39 is 0 Å². The molecule has 8 nitrogen and oxygen atoms in total. The van der Waals surface area contributed by atoms with Gasteiger partial charge in [-0.2, -0.15) is 0 Å². The number of nitrogens with zero attached hydrogens (tertiary/aromatic N) is 1. The van der Waals surface area contributed by atoms with Gasteiger partial charge in [0.15, 0.2) is 11.5 Å². The van der Waals surface area contributed by atoms with Crippen molar-refractivity contribution in [3.05, 3.63) is 71.9 Å². The number of benzene rings is 2. The summed E-state index contributed by atoms with van der Waals surface area (Å²) in [6.45, 7) is 0.560. The normalized spacial score (nSPS) is 15.5. The van der Waals surface area contributed by atoms with Gasteiger partial charge >= 0.3 is 0 Å². The lowest BCUT2D eigenvalue weighted by atomic mass is 10.1. The molecule has 168 valence electrons. The second kappa shape index (κ2) is 9.41. The summed E-state index contributed by atoms with van der Waals surface area (Å²) in [5.41, 5.74) is 2.18. The quantitative estimate of drug-likeness (QED) is 0.519. The van der Waals surface area contributed by atoms with Gasteiger partial charge in [0.25, 0.3) is 5.91 Å². The summed E-state index contributed by atoms with van der Waals surface area (Å²) in [5.74, 6) is 1.75. The molecule has 2 N–H and O–H groups in total. The third-order valence-corrected chi connectivity index (χ3v) is 6.22. The molecule has 3 aromatic rings. The zero-order valence-electron chi connectivity index (χ0n) is 17.6. The van der Waals surface area contributed by atoms with Crippen LogP contribution in [-0.4, -0.2) is 42.0 Å². The number of amides is 2. The lowest BCUT2D eigenvalue weighted by molar-refractivity contribution is -0.113. The van der Waals surface area contributed by atoms with Gasteiger partial charge < -0.3 is 24.8 Å². The second-order valence-corrected chi connectivity index (χ2v) is 8.49. The Balaban J connectivity index is 1.15. The highest BCUT2D eigenvalue weighted by Gasteiger charge is 2.23. The number of hydrogen-bond acceptors (Lipinski definition) is 7. The summed E-state index contributed by atoms with van der Waals surface area (Å²) >= 11 is 1.20. The number of rotatable bonds is 7. The van der Waals surface area contributed by atoms with Crippen molar-refractivity contribution >= 4 is 29.3 Å². The van der Waals surface area contributed by atoms with E-state index >= 15 is 0 Å². The highest BCUT2D eigenvalue weighted by molar-refractivity contribution is 8.00. The number of hydrogen-bond donors (Lipinski definition) is 2. The van der Waals surface area contributed by atoms with E-state index in [4.69, 9.17) is 14.2 Å². The summed E-state index contributed by atoms with van der Waals surface area (Å²) in [4.78, 5) is 29.5. The Bertz CT molecular complexity index is 1180. The molecule has 33 heavy (non-hydrogen) atoms. The molecule has 0 fully saturated rings. The molecule has 0 radical (unpaired) electrons. The average molecular weight is 464 g/mol. The van der Waals surface area contributed by atoms with Crippen LogP contribution in [0.1, 0.15) is 15.9 Å². The van der Waals surface area contributed by atoms with E-state index in [2.05, 4.69) is 15.6 Å². The fraction of sp³-hybridized carbons (Fsp3) is 0.208. The number of anilines is 1. The smallest absolute Gasteiger partial charge is 0.254 e. The maximum absolute atomic E-state index is 12.8. The molecule has 2 aliphatic rings. The zero-order chi connectivity index (χ0) is 22.6. The molecule has 2 aromatic carbocycles. The van der Waals surface area contributed by atoms with E-state index in [1.54, 1.807) is 36.5 Å². The van der Waals surface area contributed by atoms with Crippen LogP contribution >= 0.6 is 11.8 Å². The Hall–Kier alpha value is -3.72. The van der Waals surface area contributed by atoms with Crippen LogP contribution in [0.5, 0.6) is 17.2 Å². The van der Waals surface area contributed by atoms with Gasteiger partial charge in [-0.25, -0.2) is 4.98 Å². The fourth-order valence-corrected chi connectivity index (χ4v) is 4.45. The maximum Gasteiger partial charge on any atom is 0.254 e. The first kappa shape index (κ1) is 21.1. The Labute approximate surface area is 194 Å². The van der Waals surface area contributed by atoms with Gasteiger partial charge in [-0.05, 0) is 35.9 Å². The van der Waals surface area contributed by atoms with Crippen LogP contribution < -0.4 is 24.8 Å². The van der Waals surface area contributed by atoms with E-state index in [-0.39, 0.29) is 30.5 Å². The molecule has 0 saturated carbocycles. The van der Waals surface area contributed by atoms with Crippen molar-refractivity contribution in [3.63, 3.8) is 0 Å². The van der Waals surface area contributed by atoms with Crippen molar-refractivity contribution in [2.24, 2.45) is 0 Å². The third kappa shape index (κ3) is 4.88. The molecule has 1 atom stereocenters. The topological polar surface area (TPSA) is 98.8 Å². The average Bonchev–Trinajstić information content (AvgIpc) is 3.47. The summed E-state index contributed by atoms with van der Waals surface area (Å²) in [7, 11) is 0. The van der Waals surface area contributed by atoms with E-state index in [1.165, 1.54) is 11.8 Å². The second-order valence-electron chi connectivity index (χ2n) is 7.52. The van der Waals surface area contributed by atoms with Crippen LogP contribution in [-0.2, 0) is 11.2 Å². The molecule has 5 rings (SSSR count). The number of ether oxygens (including phenoxy) is 3. The summed E-state index contributed by atoms with van der Waals surface area (Å²) in [6, 6.07) is 16.5. The van der Waals surface area contributed by atoms with Gasteiger partial charge in [-0.15, -0.1) is 0 Å². The molecule has 2 aliphatic heterocycles. The minimum Gasteiger partial charge on any atom is -0.488 e. The standard InChI is InChI=1S/C24H21N3O5S/c28-22(27-16-7-8-20-21(11-16)31-14-30-20)13-33-24-18(5-3-9-25-24)23(29)26-12-17-10-15-4-1-2-6-19(15)32-17/h1-9,11,17H,10,12-14H2,(H,26,29)(H,27,28). The molecule has 1 unspecified atom stereocenters. The first-order chi connectivity index (χ1) is 16.2. The summed E-state index contributed by atoms with van der Waals surface area (Å²) < 4.78 is 16.5. The fourth-order valence-electron chi connectivity index (χ4n) is 3.65. The number of carbonyl (C=O) groups excluding carboxylic acids is 2. The molecule has 9 heteroatoms. The minimum atomic E-state index is -0.249. The first-order valence-corrected chi connectivity index (χ1v) is 11.4. The molecule has 0 aliphatic carbocycles. The van der Waals surface area contributed by atoms with Crippen molar-refractivity contribution in [2.45, 2.75) is 17.6 Å². The van der Waals surface area contributed by atoms with Crippen molar-refractivity contribution in [3.8, 4) is 17.2 Å². The number of fused-ring (bicyclic) bond motifs is 2. The molecule has 1 aromatic heterocycles. The predicted molar refractivity (Wildman–Crippen MR) is 123 cm³/mol. The molecule has 2 amide bonds. The summed E-state index contributed by atoms with van der Waals surface area (Å²) in [5, 5.41) is 6.24. The van der Waals surface area contributed by atoms with Crippen molar-refractivity contribution < 1.29 is 23.8 Å². The Morgan fingerprint density at radius 3 is 2.82 bits per heavy atom. The van der Waals surface area contributed by atoms with Gasteiger partial charge in [0.2, 0.25) is 12.7 Å². The number of para-hydroxylation sites is 1. The molecule has 3 heterocycles. The molecular weight excluding hydrogens is 442 g/mol. The van der Waals surface area contributed by atoms with Crippen LogP contribution in [0, 0.1) is 0 Å². The Morgan fingerprint density at radius 1 is 1.03 bits per heavy atom. The number of nitrogens with one attached hydrogen (secondary N) is 2. The van der Waals surface area contributed by atoms with E-state index in [9.17, 15) is 9.59 Å². The van der Waals surface area contributed by atoms with Crippen molar-refractivity contribution in [1.29, 1.82) is 0 Å². The third-order valence-electron chi connectivity index (χ3n) is 5.22. The number of pyridine rings is 1. The van der Waals surface area contributed by atoms with Crippen LogP contribution in [0.15, 0.2) is 65.8 Å². The molecular formula is C24H21N3O5S. The monoisotopic (exact) mass is 463 g/mol. The van der Waals surface area contributed by atoms with E-state index in [0.29, 0.717) is 34.3 Å². The van der Waals surface area contributed by atoms with E-state index in [1.807, 2.05) is 24.3 Å². The van der Waals surface area contributed by atoms with E-state index in [0.717, 1.165) is 17.7 Å². The van der Waals surface area contributed by atoms with Crippen molar-refractivity contribution in [1.82, 2.24) is 10.3 Å². The largest absolute Gasteiger partial charge is 0.488 e. The predicted octanol–water partition coefficient (Wildman–Crippen LogP) is 3.27.